The van der Waals surface area contributed by atoms with Crippen LogP contribution in [0.4, 0.5) is 14.5 Å². The third-order valence-corrected chi connectivity index (χ3v) is 3.82. The average molecular weight is 331 g/mol. The minimum absolute atomic E-state index is 0.00434. The quantitative estimate of drug-likeness (QED) is 0.921. The largest absolute Gasteiger partial charge is 0.338 e. The number of alkyl halides is 2. The molecule has 7 heteroatoms. The molecule has 0 radical (unpaired) electrons. The molecule has 1 heterocycles. The predicted molar refractivity (Wildman–Crippen MR) is 80.5 cm³/mol. The summed E-state index contributed by atoms with van der Waals surface area (Å²) in [7, 11) is 0. The van der Waals surface area contributed by atoms with Crippen LogP contribution in [0.1, 0.15) is 36.5 Å². The van der Waals surface area contributed by atoms with Gasteiger partial charge in [-0.15, -0.1) is 0 Å². The van der Waals surface area contributed by atoms with Gasteiger partial charge < -0.3 is 10.2 Å². The summed E-state index contributed by atoms with van der Waals surface area (Å²) in [6.07, 6.45) is -0.429. The van der Waals surface area contributed by atoms with Gasteiger partial charge in [0.2, 0.25) is 5.91 Å². The first kappa shape index (κ1) is 16.7. The van der Waals surface area contributed by atoms with Crippen LogP contribution in [-0.2, 0) is 4.79 Å². The molecular weight excluding hydrogens is 314 g/mol. The van der Waals surface area contributed by atoms with Crippen molar-refractivity contribution >= 4 is 29.1 Å². The van der Waals surface area contributed by atoms with Crippen LogP contribution in [0.3, 0.4) is 0 Å². The maximum absolute atomic E-state index is 13.2. The zero-order valence-corrected chi connectivity index (χ0v) is 12.9. The minimum atomic E-state index is -2.71. The lowest BCUT2D eigenvalue weighted by Crippen LogP contribution is -2.42. The molecule has 22 heavy (non-hydrogen) atoms. The van der Waals surface area contributed by atoms with E-state index in [1.165, 1.54) is 23.1 Å². The summed E-state index contributed by atoms with van der Waals surface area (Å²) in [5.41, 5.74) is 0.568. The summed E-state index contributed by atoms with van der Waals surface area (Å²) in [4.78, 5) is 25.4. The molecule has 0 unspecified atom stereocenters. The number of nitrogens with zero attached hydrogens (tertiary/aromatic N) is 1. The van der Waals surface area contributed by atoms with E-state index in [1.807, 2.05) is 0 Å². The second-order valence-corrected chi connectivity index (χ2v) is 5.68. The molecule has 4 nitrogen and oxygen atoms in total. The number of nitrogens with one attached hydrogen (secondary N) is 1. The standard InChI is InChI=1S/C15H17ClF2N2O2/c1-2-13(21)19-12-9-10(16)3-4-11(12)14(22)20-7-5-15(17,18)6-8-20/h3-4,9H,2,5-8H2,1H3,(H,19,21). The number of anilines is 1. The molecule has 1 aliphatic heterocycles. The lowest BCUT2D eigenvalue weighted by Gasteiger charge is -2.32. The van der Waals surface area contributed by atoms with Crippen molar-refractivity contribution in [3.05, 3.63) is 28.8 Å². The van der Waals surface area contributed by atoms with E-state index < -0.39 is 5.92 Å². The Kier molecular flexibility index (Phi) is 5.01. The number of hydrogen-bond donors (Lipinski definition) is 1. The van der Waals surface area contributed by atoms with Crippen molar-refractivity contribution in [1.82, 2.24) is 4.90 Å². The van der Waals surface area contributed by atoms with Crippen LogP contribution in [-0.4, -0.2) is 35.7 Å². The summed E-state index contributed by atoms with van der Waals surface area (Å²) in [6.45, 7) is 1.68. The molecule has 1 aromatic carbocycles. The normalized spacial score (nSPS) is 17.2. The van der Waals surface area contributed by atoms with Crippen LogP contribution in [0.15, 0.2) is 18.2 Å². The van der Waals surface area contributed by atoms with Crippen molar-refractivity contribution in [2.24, 2.45) is 0 Å². The van der Waals surface area contributed by atoms with E-state index >= 15 is 0 Å². The lowest BCUT2D eigenvalue weighted by atomic mass is 10.0. The van der Waals surface area contributed by atoms with E-state index in [9.17, 15) is 18.4 Å². The molecule has 0 bridgehead atoms. The molecular formula is C15H17ClF2N2O2. The van der Waals surface area contributed by atoms with Crippen LogP contribution in [0.2, 0.25) is 5.02 Å². The van der Waals surface area contributed by atoms with Crippen LogP contribution < -0.4 is 5.32 Å². The van der Waals surface area contributed by atoms with Crippen LogP contribution in [0, 0.1) is 0 Å². The highest BCUT2D eigenvalue weighted by atomic mass is 35.5. The van der Waals surface area contributed by atoms with Crippen molar-refractivity contribution in [3.8, 4) is 0 Å². The topological polar surface area (TPSA) is 49.4 Å². The van der Waals surface area contributed by atoms with Gasteiger partial charge in [0, 0.05) is 37.4 Å². The SMILES string of the molecule is CCC(=O)Nc1cc(Cl)ccc1C(=O)N1CCC(F)(F)CC1. The highest BCUT2D eigenvalue weighted by Crippen LogP contribution is 2.30. The van der Waals surface area contributed by atoms with Gasteiger partial charge in [-0.05, 0) is 18.2 Å². The minimum Gasteiger partial charge on any atom is -0.338 e. The van der Waals surface area contributed by atoms with Gasteiger partial charge in [-0.3, -0.25) is 9.59 Å². The Morgan fingerprint density at radius 1 is 1.32 bits per heavy atom. The first-order chi connectivity index (χ1) is 10.3. The first-order valence-electron chi connectivity index (χ1n) is 7.09. The second-order valence-electron chi connectivity index (χ2n) is 5.24. The third kappa shape index (κ3) is 3.94. The van der Waals surface area contributed by atoms with E-state index in [-0.39, 0.29) is 49.7 Å². The monoisotopic (exact) mass is 330 g/mol. The molecule has 1 saturated heterocycles. The molecule has 0 aliphatic carbocycles. The summed E-state index contributed by atoms with van der Waals surface area (Å²) >= 11 is 5.90. The van der Waals surface area contributed by atoms with E-state index in [0.29, 0.717) is 10.7 Å². The molecule has 1 aromatic rings. The molecule has 1 fully saturated rings. The Hall–Kier alpha value is -1.69. The molecule has 1 N–H and O–H groups in total. The molecule has 0 saturated carbocycles. The van der Waals surface area contributed by atoms with Gasteiger partial charge in [0.1, 0.15) is 0 Å². The van der Waals surface area contributed by atoms with E-state index in [2.05, 4.69) is 5.32 Å². The maximum Gasteiger partial charge on any atom is 0.255 e. The van der Waals surface area contributed by atoms with E-state index in [1.54, 1.807) is 6.92 Å². The van der Waals surface area contributed by atoms with Crippen molar-refractivity contribution in [3.63, 3.8) is 0 Å². The average Bonchev–Trinajstić information content (AvgIpc) is 2.46. The van der Waals surface area contributed by atoms with Gasteiger partial charge in [-0.25, -0.2) is 8.78 Å². The van der Waals surface area contributed by atoms with Gasteiger partial charge in [0.25, 0.3) is 11.8 Å². The molecule has 0 spiro atoms. The third-order valence-electron chi connectivity index (χ3n) is 3.59. The number of halogens is 3. The number of hydrogen-bond acceptors (Lipinski definition) is 2. The fraction of sp³-hybridized carbons (Fsp3) is 0.467. The number of benzene rings is 1. The smallest absolute Gasteiger partial charge is 0.255 e. The number of carbonyl (C=O) groups is 2. The Bertz CT molecular complexity index is 583. The van der Waals surface area contributed by atoms with Gasteiger partial charge in [-0.2, -0.15) is 0 Å². The highest BCUT2D eigenvalue weighted by Gasteiger charge is 2.36. The molecule has 2 amide bonds. The Morgan fingerprint density at radius 3 is 2.55 bits per heavy atom. The molecule has 120 valence electrons. The Labute approximate surface area is 132 Å². The summed E-state index contributed by atoms with van der Waals surface area (Å²) < 4.78 is 26.4. The Balaban J connectivity index is 2.20. The number of amides is 2. The van der Waals surface area contributed by atoms with Gasteiger partial charge in [0.15, 0.2) is 0 Å². The number of piperidine rings is 1. The fourth-order valence-corrected chi connectivity index (χ4v) is 2.42. The molecule has 0 aromatic heterocycles. The van der Waals surface area contributed by atoms with Crippen molar-refractivity contribution in [2.75, 3.05) is 18.4 Å². The second kappa shape index (κ2) is 6.60. The molecule has 1 aliphatic rings. The van der Waals surface area contributed by atoms with Crippen LogP contribution >= 0.6 is 11.6 Å². The maximum atomic E-state index is 13.2. The molecule has 2 rings (SSSR count). The predicted octanol–water partition coefficient (Wildman–Crippen LogP) is 3.56. The van der Waals surface area contributed by atoms with Crippen molar-refractivity contribution in [2.45, 2.75) is 32.1 Å². The lowest BCUT2D eigenvalue weighted by molar-refractivity contribution is -0.115. The fourth-order valence-electron chi connectivity index (χ4n) is 2.25. The van der Waals surface area contributed by atoms with Crippen molar-refractivity contribution < 1.29 is 18.4 Å². The van der Waals surface area contributed by atoms with Crippen molar-refractivity contribution in [1.29, 1.82) is 0 Å². The number of likely N-dealkylation sites (tertiary alicyclic amines) is 1. The number of carbonyl (C=O) groups excluding carboxylic acids is 2. The Morgan fingerprint density at radius 2 is 1.95 bits per heavy atom. The van der Waals surface area contributed by atoms with Crippen LogP contribution in [0.5, 0.6) is 0 Å². The van der Waals surface area contributed by atoms with Gasteiger partial charge in [0.05, 0.1) is 11.3 Å². The zero-order valence-electron chi connectivity index (χ0n) is 12.2. The van der Waals surface area contributed by atoms with Gasteiger partial charge >= 0.3 is 0 Å². The first-order valence-corrected chi connectivity index (χ1v) is 7.47. The zero-order chi connectivity index (χ0) is 16.3. The highest BCUT2D eigenvalue weighted by molar-refractivity contribution is 6.31. The molecule has 0 atom stereocenters. The summed E-state index contributed by atoms with van der Waals surface area (Å²) in [5.74, 6) is -3.34. The summed E-state index contributed by atoms with van der Waals surface area (Å²) in [6, 6.07) is 4.53. The van der Waals surface area contributed by atoms with E-state index in [0.717, 1.165) is 0 Å². The summed E-state index contributed by atoms with van der Waals surface area (Å²) in [5, 5.41) is 3.00. The number of rotatable bonds is 3. The van der Waals surface area contributed by atoms with Gasteiger partial charge in [-0.1, -0.05) is 18.5 Å². The van der Waals surface area contributed by atoms with Crippen LogP contribution in [0.25, 0.3) is 0 Å². The van der Waals surface area contributed by atoms with E-state index in [4.69, 9.17) is 11.6 Å².